The summed E-state index contributed by atoms with van der Waals surface area (Å²) in [6, 6.07) is 15.0. The predicted octanol–water partition coefficient (Wildman–Crippen LogP) is 6.65. The van der Waals surface area contributed by atoms with E-state index in [0.717, 1.165) is 64.8 Å². The van der Waals surface area contributed by atoms with E-state index in [2.05, 4.69) is 51.6 Å². The van der Waals surface area contributed by atoms with Crippen molar-refractivity contribution in [2.45, 2.75) is 51.7 Å². The third-order valence-corrected chi connectivity index (χ3v) is 7.43. The van der Waals surface area contributed by atoms with E-state index in [1.54, 1.807) is 12.4 Å². The Hall–Kier alpha value is -4.46. The molecule has 1 amide bonds. The molecule has 4 aromatic heterocycles. The fourth-order valence-corrected chi connectivity index (χ4v) is 5.33. The molecule has 1 fully saturated rings. The molecule has 0 unspecified atom stereocenters. The Morgan fingerprint density at radius 1 is 1.00 bits per heavy atom. The molecule has 0 aliphatic carbocycles. The minimum absolute atomic E-state index is 0.214. The van der Waals surface area contributed by atoms with Gasteiger partial charge in [-0.05, 0) is 74.4 Å². The molecule has 0 atom stereocenters. The lowest BCUT2D eigenvalue weighted by molar-refractivity contribution is 0.0205. The Morgan fingerprint density at radius 2 is 1.75 bits per heavy atom. The lowest BCUT2D eigenvalue weighted by Gasteiger charge is -2.33. The number of nitrogens with one attached hydrogen (secondary N) is 1. The third kappa shape index (κ3) is 5.61. The number of hydrogen-bond acceptors (Lipinski definition) is 5. The van der Waals surface area contributed by atoms with Gasteiger partial charge in [0.25, 0.3) is 0 Å². The first-order chi connectivity index (χ1) is 19.3. The molecule has 40 heavy (non-hydrogen) atoms. The van der Waals surface area contributed by atoms with Crippen LogP contribution >= 0.6 is 0 Å². The molecular formula is C32H34N6O2. The number of amides is 1. The van der Waals surface area contributed by atoms with Crippen LogP contribution in [0.5, 0.6) is 0 Å². The Labute approximate surface area is 234 Å². The van der Waals surface area contributed by atoms with Crippen molar-refractivity contribution in [1.82, 2.24) is 29.6 Å². The fraction of sp³-hybridized carbons (Fsp3) is 0.312. The van der Waals surface area contributed by atoms with E-state index in [1.165, 1.54) is 5.56 Å². The lowest BCUT2D eigenvalue weighted by Crippen LogP contribution is -2.41. The maximum Gasteiger partial charge on any atom is 0.410 e. The molecule has 204 valence electrons. The summed E-state index contributed by atoms with van der Waals surface area (Å²) >= 11 is 0. The number of aromatic nitrogens is 5. The predicted molar refractivity (Wildman–Crippen MR) is 156 cm³/mol. The van der Waals surface area contributed by atoms with Crippen LogP contribution in [0.25, 0.3) is 33.3 Å². The summed E-state index contributed by atoms with van der Waals surface area (Å²) < 4.78 is 7.48. The van der Waals surface area contributed by atoms with Gasteiger partial charge in [0, 0.05) is 66.2 Å². The van der Waals surface area contributed by atoms with Crippen molar-refractivity contribution in [2.24, 2.45) is 0 Å². The maximum atomic E-state index is 12.4. The van der Waals surface area contributed by atoms with Gasteiger partial charge in [-0.25, -0.2) is 9.78 Å². The van der Waals surface area contributed by atoms with Gasteiger partial charge in [0.2, 0.25) is 0 Å². The number of carbonyl (C=O) groups excluding carboxylic acids is 1. The summed E-state index contributed by atoms with van der Waals surface area (Å²) in [4.78, 5) is 26.3. The van der Waals surface area contributed by atoms with Gasteiger partial charge in [0.1, 0.15) is 11.2 Å². The SMILES string of the molecule is CC(C)(C)OC(=O)N1CCC(c2ccc(-c3cnc4[nH]cc(-c5cnn(Cc6ccncc6)c5)c4c3)cc2)CC1. The Bertz CT molecular complexity index is 1610. The molecule has 0 saturated carbocycles. The first-order valence-electron chi connectivity index (χ1n) is 13.8. The largest absolute Gasteiger partial charge is 0.444 e. The molecule has 1 saturated heterocycles. The van der Waals surface area contributed by atoms with Crippen molar-refractivity contribution in [3.05, 3.63) is 90.8 Å². The summed E-state index contributed by atoms with van der Waals surface area (Å²) in [5.41, 5.74) is 7.19. The number of H-pyrrole nitrogens is 1. The van der Waals surface area contributed by atoms with Crippen molar-refractivity contribution >= 4 is 17.1 Å². The monoisotopic (exact) mass is 534 g/mol. The molecule has 1 aliphatic heterocycles. The summed E-state index contributed by atoms with van der Waals surface area (Å²) in [6.07, 6.45) is 13.2. The average Bonchev–Trinajstić information content (AvgIpc) is 3.59. The molecule has 5 heterocycles. The first-order valence-corrected chi connectivity index (χ1v) is 13.8. The number of likely N-dealkylation sites (tertiary alicyclic amines) is 1. The van der Waals surface area contributed by atoms with E-state index >= 15 is 0 Å². The number of nitrogens with zero attached hydrogens (tertiary/aromatic N) is 5. The van der Waals surface area contributed by atoms with Gasteiger partial charge in [-0.15, -0.1) is 0 Å². The smallest absolute Gasteiger partial charge is 0.410 e. The minimum atomic E-state index is -0.467. The molecule has 8 nitrogen and oxygen atoms in total. The van der Waals surface area contributed by atoms with E-state index in [1.807, 2.05) is 61.1 Å². The highest BCUT2D eigenvalue weighted by Crippen LogP contribution is 2.33. The molecule has 0 spiro atoms. The van der Waals surface area contributed by atoms with Crippen LogP contribution in [0.15, 0.2) is 79.6 Å². The number of rotatable bonds is 5. The van der Waals surface area contributed by atoms with Crippen molar-refractivity contribution < 1.29 is 9.53 Å². The molecule has 8 heteroatoms. The van der Waals surface area contributed by atoms with Crippen molar-refractivity contribution in [3.8, 4) is 22.3 Å². The third-order valence-electron chi connectivity index (χ3n) is 7.43. The van der Waals surface area contributed by atoms with Crippen LogP contribution in [0, 0.1) is 0 Å². The molecule has 0 bridgehead atoms. The Kier molecular flexibility index (Phi) is 6.84. The highest BCUT2D eigenvalue weighted by atomic mass is 16.6. The fourth-order valence-electron chi connectivity index (χ4n) is 5.33. The van der Waals surface area contributed by atoms with Crippen LogP contribution in [0.3, 0.4) is 0 Å². The quantitative estimate of drug-likeness (QED) is 0.273. The second kappa shape index (κ2) is 10.6. The second-order valence-electron chi connectivity index (χ2n) is 11.5. The zero-order chi connectivity index (χ0) is 27.7. The lowest BCUT2D eigenvalue weighted by atomic mass is 9.88. The molecular weight excluding hydrogens is 500 g/mol. The number of piperidine rings is 1. The van der Waals surface area contributed by atoms with E-state index in [-0.39, 0.29) is 6.09 Å². The molecule has 0 radical (unpaired) electrons. The second-order valence-corrected chi connectivity index (χ2v) is 11.5. The summed E-state index contributed by atoms with van der Waals surface area (Å²) in [6.45, 7) is 7.85. The number of aromatic amines is 1. The summed E-state index contributed by atoms with van der Waals surface area (Å²) in [5.74, 6) is 0.438. The first kappa shape index (κ1) is 25.8. The topological polar surface area (TPSA) is 88.9 Å². The van der Waals surface area contributed by atoms with E-state index in [4.69, 9.17) is 9.72 Å². The van der Waals surface area contributed by atoms with Gasteiger partial charge >= 0.3 is 6.09 Å². The molecule has 1 aromatic carbocycles. The number of carbonyl (C=O) groups is 1. The zero-order valence-electron chi connectivity index (χ0n) is 23.2. The van der Waals surface area contributed by atoms with Crippen LogP contribution in [0.2, 0.25) is 0 Å². The number of hydrogen-bond donors (Lipinski definition) is 1. The number of pyridine rings is 2. The highest BCUT2D eigenvalue weighted by molar-refractivity contribution is 5.95. The van der Waals surface area contributed by atoms with E-state index < -0.39 is 5.60 Å². The molecule has 6 rings (SSSR count). The molecule has 1 N–H and O–H groups in total. The van der Waals surface area contributed by atoms with Gasteiger partial charge < -0.3 is 14.6 Å². The molecule has 1 aliphatic rings. The number of benzene rings is 1. The van der Waals surface area contributed by atoms with E-state index in [9.17, 15) is 4.79 Å². The summed E-state index contributed by atoms with van der Waals surface area (Å²) in [7, 11) is 0. The minimum Gasteiger partial charge on any atom is -0.444 e. The van der Waals surface area contributed by atoms with Gasteiger partial charge in [-0.2, -0.15) is 5.10 Å². The maximum absolute atomic E-state index is 12.4. The van der Waals surface area contributed by atoms with Gasteiger partial charge in [-0.1, -0.05) is 24.3 Å². The number of fused-ring (bicyclic) bond motifs is 1. The van der Waals surface area contributed by atoms with Gasteiger partial charge in [0.15, 0.2) is 0 Å². The van der Waals surface area contributed by atoms with Crippen molar-refractivity contribution in [1.29, 1.82) is 0 Å². The summed E-state index contributed by atoms with van der Waals surface area (Å²) in [5, 5.41) is 5.64. The van der Waals surface area contributed by atoms with Crippen molar-refractivity contribution in [2.75, 3.05) is 13.1 Å². The average molecular weight is 535 g/mol. The Balaban J connectivity index is 1.15. The van der Waals surface area contributed by atoms with Crippen LogP contribution in [0.1, 0.15) is 50.7 Å². The van der Waals surface area contributed by atoms with Crippen LogP contribution in [-0.2, 0) is 11.3 Å². The van der Waals surface area contributed by atoms with Gasteiger partial charge in [-0.3, -0.25) is 9.67 Å². The van der Waals surface area contributed by atoms with Crippen LogP contribution < -0.4 is 0 Å². The number of ether oxygens (including phenoxy) is 1. The van der Waals surface area contributed by atoms with Gasteiger partial charge in [0.05, 0.1) is 12.7 Å². The zero-order valence-corrected chi connectivity index (χ0v) is 23.2. The normalized spacial score (nSPS) is 14.5. The van der Waals surface area contributed by atoms with Crippen molar-refractivity contribution in [3.63, 3.8) is 0 Å². The standard InChI is InChI=1S/C32H34N6O2/c1-32(2,3)40-31(39)37-14-10-25(11-15-37)23-4-6-24(7-5-23)26-16-28-29(19-35-30(28)34-17-26)27-18-36-38(21-27)20-22-8-12-33-13-9-22/h4-9,12-13,16-19,21,25H,10-11,14-15,20H2,1-3H3,(H,34,35). The van der Waals surface area contributed by atoms with E-state index in [0.29, 0.717) is 12.5 Å². The van der Waals surface area contributed by atoms with Crippen LogP contribution in [0.4, 0.5) is 4.79 Å². The molecule has 5 aromatic rings. The Morgan fingerprint density at radius 3 is 2.48 bits per heavy atom. The highest BCUT2D eigenvalue weighted by Gasteiger charge is 2.27. The van der Waals surface area contributed by atoms with Crippen LogP contribution in [-0.4, -0.2) is 54.4 Å².